The Morgan fingerprint density at radius 3 is 2.52 bits per heavy atom. The van der Waals surface area contributed by atoms with Crippen LogP contribution in [0.15, 0.2) is 42.6 Å². The molecule has 0 unspecified atom stereocenters. The zero-order chi connectivity index (χ0) is 18.0. The first kappa shape index (κ1) is 17.4. The van der Waals surface area contributed by atoms with Gasteiger partial charge in [-0.15, -0.1) is 0 Å². The number of anilines is 1. The normalized spacial score (nSPS) is 18.9. The lowest BCUT2D eigenvalue weighted by molar-refractivity contribution is -0.121. The topological polar surface area (TPSA) is 54.3 Å². The second-order valence-corrected chi connectivity index (χ2v) is 6.74. The van der Waals surface area contributed by atoms with E-state index in [1.54, 1.807) is 24.3 Å². The molecular weight excluding hydrogens is 314 g/mol. The second-order valence-electron chi connectivity index (χ2n) is 6.74. The van der Waals surface area contributed by atoms with Gasteiger partial charge in [0.1, 0.15) is 0 Å². The van der Waals surface area contributed by atoms with E-state index in [0.717, 1.165) is 25.1 Å². The van der Waals surface area contributed by atoms with E-state index in [0.29, 0.717) is 5.56 Å². The Morgan fingerprint density at radius 1 is 1.20 bits per heavy atom. The molecule has 132 valence electrons. The molecule has 5 heteroatoms. The third-order valence-electron chi connectivity index (χ3n) is 5.06. The van der Waals surface area contributed by atoms with E-state index in [4.69, 9.17) is 0 Å². The van der Waals surface area contributed by atoms with Crippen molar-refractivity contribution < 1.29 is 9.59 Å². The van der Waals surface area contributed by atoms with Crippen molar-refractivity contribution in [3.8, 4) is 0 Å². The Morgan fingerprint density at radius 2 is 1.92 bits per heavy atom. The Hall–Kier alpha value is -2.40. The standard InChI is InChI=1S/C20H25N3O2/c1-14(20(25)21-17-10-8-16(9-11-17)15(2)24)23-13-5-7-19(23)18-6-4-12-22(18)3/h4,6,8-12,14,19H,5,7,13H2,1-3H3,(H,21,25)/t14-,19-/m1/s1. The molecule has 1 N–H and O–H groups in total. The van der Waals surface area contributed by atoms with Gasteiger partial charge in [0.2, 0.25) is 5.91 Å². The predicted octanol–water partition coefficient (Wildman–Crippen LogP) is 3.39. The molecule has 1 aromatic heterocycles. The summed E-state index contributed by atoms with van der Waals surface area (Å²) < 4.78 is 2.13. The van der Waals surface area contributed by atoms with Crippen molar-refractivity contribution in [1.29, 1.82) is 0 Å². The lowest BCUT2D eigenvalue weighted by Crippen LogP contribution is -2.42. The monoisotopic (exact) mass is 339 g/mol. The maximum absolute atomic E-state index is 12.7. The highest BCUT2D eigenvalue weighted by Gasteiger charge is 2.34. The number of hydrogen-bond acceptors (Lipinski definition) is 3. The van der Waals surface area contributed by atoms with E-state index < -0.39 is 0 Å². The first-order valence-corrected chi connectivity index (χ1v) is 8.76. The zero-order valence-electron chi connectivity index (χ0n) is 15.0. The molecule has 0 spiro atoms. The average molecular weight is 339 g/mol. The zero-order valence-corrected chi connectivity index (χ0v) is 15.0. The van der Waals surface area contributed by atoms with Crippen LogP contribution in [0.4, 0.5) is 5.69 Å². The van der Waals surface area contributed by atoms with Gasteiger partial charge in [-0.2, -0.15) is 0 Å². The van der Waals surface area contributed by atoms with Crippen LogP contribution in [0.2, 0.25) is 0 Å². The van der Waals surface area contributed by atoms with Gasteiger partial charge in [0, 0.05) is 30.2 Å². The van der Waals surface area contributed by atoms with E-state index in [1.807, 2.05) is 26.2 Å². The lowest BCUT2D eigenvalue weighted by Gasteiger charge is -2.30. The molecule has 1 aliphatic heterocycles. The van der Waals surface area contributed by atoms with Gasteiger partial charge in [0.15, 0.2) is 5.78 Å². The first-order chi connectivity index (χ1) is 12.0. The van der Waals surface area contributed by atoms with E-state index in [9.17, 15) is 9.59 Å². The number of nitrogens with zero attached hydrogens (tertiary/aromatic N) is 2. The highest BCUT2D eigenvalue weighted by Crippen LogP contribution is 2.33. The van der Waals surface area contributed by atoms with Crippen LogP contribution in [-0.4, -0.2) is 33.7 Å². The molecular formula is C20H25N3O2. The van der Waals surface area contributed by atoms with Crippen molar-refractivity contribution in [1.82, 2.24) is 9.47 Å². The van der Waals surface area contributed by atoms with Crippen molar-refractivity contribution in [2.75, 3.05) is 11.9 Å². The Labute approximate surface area is 148 Å². The largest absolute Gasteiger partial charge is 0.353 e. The summed E-state index contributed by atoms with van der Waals surface area (Å²) in [5.74, 6) is 0.00500. The molecule has 1 amide bonds. The van der Waals surface area contributed by atoms with Crippen molar-refractivity contribution in [3.63, 3.8) is 0 Å². The molecule has 1 saturated heterocycles. The number of likely N-dealkylation sites (tertiary alicyclic amines) is 1. The van der Waals surface area contributed by atoms with E-state index in [-0.39, 0.29) is 23.8 Å². The molecule has 1 fully saturated rings. The van der Waals surface area contributed by atoms with Gasteiger partial charge in [0.05, 0.1) is 12.1 Å². The van der Waals surface area contributed by atoms with E-state index >= 15 is 0 Å². The molecule has 2 heterocycles. The van der Waals surface area contributed by atoms with Gasteiger partial charge >= 0.3 is 0 Å². The number of Topliss-reactive ketones (excluding diaryl/α,β-unsaturated/α-hetero) is 1. The fraction of sp³-hybridized carbons (Fsp3) is 0.400. The first-order valence-electron chi connectivity index (χ1n) is 8.76. The SMILES string of the molecule is CC(=O)c1ccc(NC(=O)[C@@H](C)N2CCC[C@@H]2c2cccn2C)cc1. The van der Waals surface area contributed by atoms with Crippen LogP contribution in [0.5, 0.6) is 0 Å². The molecule has 1 aromatic carbocycles. The highest BCUT2D eigenvalue weighted by molar-refractivity contribution is 5.97. The highest BCUT2D eigenvalue weighted by atomic mass is 16.2. The van der Waals surface area contributed by atoms with Gasteiger partial charge in [-0.25, -0.2) is 0 Å². The fourth-order valence-electron chi connectivity index (χ4n) is 3.58. The van der Waals surface area contributed by atoms with Crippen LogP contribution in [0.3, 0.4) is 0 Å². The predicted molar refractivity (Wildman–Crippen MR) is 98.6 cm³/mol. The minimum Gasteiger partial charge on any atom is -0.353 e. The Kier molecular flexibility index (Phi) is 5.04. The lowest BCUT2D eigenvalue weighted by atomic mass is 10.1. The minimum atomic E-state index is -0.213. The number of amides is 1. The number of nitrogens with one attached hydrogen (secondary N) is 1. The molecule has 5 nitrogen and oxygen atoms in total. The summed E-state index contributed by atoms with van der Waals surface area (Å²) in [7, 11) is 2.05. The number of hydrogen-bond donors (Lipinski definition) is 1. The van der Waals surface area contributed by atoms with Gasteiger partial charge in [-0.05, 0) is 69.6 Å². The molecule has 25 heavy (non-hydrogen) atoms. The minimum absolute atomic E-state index is 0.0170. The summed E-state index contributed by atoms with van der Waals surface area (Å²) in [5, 5.41) is 2.97. The summed E-state index contributed by atoms with van der Waals surface area (Å²) in [5.41, 5.74) is 2.62. The van der Waals surface area contributed by atoms with Crippen molar-refractivity contribution in [2.24, 2.45) is 7.05 Å². The number of aromatic nitrogens is 1. The smallest absolute Gasteiger partial charge is 0.241 e. The summed E-state index contributed by atoms with van der Waals surface area (Å²) >= 11 is 0. The molecule has 0 radical (unpaired) electrons. The van der Waals surface area contributed by atoms with E-state index in [2.05, 4.69) is 20.9 Å². The summed E-state index contributed by atoms with van der Waals surface area (Å²) in [6.07, 6.45) is 4.22. The summed E-state index contributed by atoms with van der Waals surface area (Å²) in [6.45, 7) is 4.42. The van der Waals surface area contributed by atoms with Crippen molar-refractivity contribution in [3.05, 3.63) is 53.9 Å². The Balaban J connectivity index is 1.69. The van der Waals surface area contributed by atoms with Crippen LogP contribution in [0.25, 0.3) is 0 Å². The third-order valence-corrected chi connectivity index (χ3v) is 5.06. The van der Waals surface area contributed by atoms with Crippen LogP contribution < -0.4 is 5.32 Å². The fourth-order valence-corrected chi connectivity index (χ4v) is 3.58. The third kappa shape index (κ3) is 3.66. The maximum Gasteiger partial charge on any atom is 0.241 e. The molecule has 0 aliphatic carbocycles. The molecule has 0 saturated carbocycles. The average Bonchev–Trinajstić information content (AvgIpc) is 3.22. The Bertz CT molecular complexity index is 764. The van der Waals surface area contributed by atoms with Crippen LogP contribution >= 0.6 is 0 Å². The van der Waals surface area contributed by atoms with Gasteiger partial charge in [0.25, 0.3) is 0 Å². The second kappa shape index (κ2) is 7.23. The van der Waals surface area contributed by atoms with E-state index in [1.165, 1.54) is 12.6 Å². The number of aryl methyl sites for hydroxylation is 1. The van der Waals surface area contributed by atoms with Crippen molar-refractivity contribution >= 4 is 17.4 Å². The molecule has 2 atom stereocenters. The summed E-state index contributed by atoms with van der Waals surface area (Å²) in [6, 6.07) is 11.3. The quantitative estimate of drug-likeness (QED) is 0.850. The number of ketones is 1. The molecule has 3 rings (SSSR count). The number of benzene rings is 1. The number of carbonyl (C=O) groups excluding carboxylic acids is 2. The van der Waals surface area contributed by atoms with Gasteiger partial charge in [-0.1, -0.05) is 0 Å². The molecule has 0 bridgehead atoms. The van der Waals surface area contributed by atoms with Crippen LogP contribution in [0.1, 0.15) is 48.8 Å². The van der Waals surface area contributed by atoms with Gasteiger partial charge < -0.3 is 9.88 Å². The van der Waals surface area contributed by atoms with Gasteiger partial charge in [-0.3, -0.25) is 14.5 Å². The van der Waals surface area contributed by atoms with Crippen LogP contribution in [0, 0.1) is 0 Å². The van der Waals surface area contributed by atoms with Crippen LogP contribution in [-0.2, 0) is 11.8 Å². The summed E-state index contributed by atoms with van der Waals surface area (Å²) in [4.78, 5) is 26.3. The number of carbonyl (C=O) groups is 2. The molecule has 2 aromatic rings. The molecule has 1 aliphatic rings. The number of rotatable bonds is 5. The maximum atomic E-state index is 12.7. The van der Waals surface area contributed by atoms with Crippen molar-refractivity contribution in [2.45, 2.75) is 38.8 Å².